The number of thioether (sulfide) groups is 1. The molecule has 0 N–H and O–H groups in total. The van der Waals surface area contributed by atoms with Crippen LogP contribution >= 0.6 is 23.4 Å². The minimum Gasteiger partial charge on any atom is -0.207 e. The highest BCUT2D eigenvalue weighted by molar-refractivity contribution is 7.98. The van der Waals surface area contributed by atoms with Crippen LogP contribution in [0.1, 0.15) is 12.5 Å². The number of rotatable bonds is 3. The molecule has 0 aliphatic rings. The van der Waals surface area contributed by atoms with Crippen LogP contribution in [-0.4, -0.2) is 5.75 Å². The summed E-state index contributed by atoms with van der Waals surface area (Å²) in [6, 6.07) is 4.64. The lowest BCUT2D eigenvalue weighted by Crippen LogP contribution is -1.83. The van der Waals surface area contributed by atoms with Crippen molar-refractivity contribution in [2.45, 2.75) is 12.7 Å². The molecule has 0 atom stereocenters. The van der Waals surface area contributed by atoms with E-state index in [0.29, 0.717) is 5.02 Å². The van der Waals surface area contributed by atoms with Crippen molar-refractivity contribution in [1.82, 2.24) is 0 Å². The molecule has 0 saturated carbocycles. The summed E-state index contributed by atoms with van der Waals surface area (Å²) in [7, 11) is 0. The quantitative estimate of drug-likeness (QED) is 0.723. The van der Waals surface area contributed by atoms with Gasteiger partial charge in [0.05, 0.1) is 0 Å². The largest absolute Gasteiger partial charge is 0.207 e. The molecule has 0 bridgehead atoms. The maximum absolute atomic E-state index is 12.8. The lowest BCUT2D eigenvalue weighted by atomic mass is 10.2. The molecule has 1 aromatic rings. The van der Waals surface area contributed by atoms with Crippen LogP contribution < -0.4 is 0 Å². The average Bonchev–Trinajstić information content (AvgIpc) is 1.99. The van der Waals surface area contributed by atoms with Gasteiger partial charge < -0.3 is 0 Å². The predicted octanol–water partition coefficient (Wildman–Crippen LogP) is 3.73. The Morgan fingerprint density at radius 3 is 2.75 bits per heavy atom. The predicted molar refractivity (Wildman–Crippen MR) is 53.2 cm³/mol. The minimum absolute atomic E-state index is 0.255. The van der Waals surface area contributed by atoms with Crippen LogP contribution in [0.25, 0.3) is 0 Å². The maximum Gasteiger partial charge on any atom is 0.124 e. The zero-order valence-corrected chi connectivity index (χ0v) is 8.38. The Morgan fingerprint density at radius 1 is 1.42 bits per heavy atom. The summed E-state index contributed by atoms with van der Waals surface area (Å²) in [5, 5.41) is 0.474. The van der Waals surface area contributed by atoms with Gasteiger partial charge in [-0.2, -0.15) is 11.8 Å². The Kier molecular flexibility index (Phi) is 3.89. The number of benzene rings is 1. The topological polar surface area (TPSA) is 0 Å². The highest BCUT2D eigenvalue weighted by Gasteiger charge is 1.98. The van der Waals surface area contributed by atoms with Crippen LogP contribution in [0.4, 0.5) is 4.39 Å². The fourth-order valence-electron chi connectivity index (χ4n) is 0.914. The molecule has 3 heteroatoms. The summed E-state index contributed by atoms with van der Waals surface area (Å²) in [5.74, 6) is 1.61. The van der Waals surface area contributed by atoms with Crippen molar-refractivity contribution in [3.8, 4) is 0 Å². The average molecular weight is 205 g/mol. The van der Waals surface area contributed by atoms with E-state index in [1.165, 1.54) is 12.1 Å². The summed E-state index contributed by atoms with van der Waals surface area (Å²) >= 11 is 7.43. The van der Waals surface area contributed by atoms with Gasteiger partial charge in [0, 0.05) is 10.8 Å². The Hall–Kier alpha value is -0.210. The molecule has 66 valence electrons. The normalized spacial score (nSPS) is 10.2. The van der Waals surface area contributed by atoms with Gasteiger partial charge in [0.1, 0.15) is 5.82 Å². The minimum atomic E-state index is -0.255. The van der Waals surface area contributed by atoms with Gasteiger partial charge >= 0.3 is 0 Å². The summed E-state index contributed by atoms with van der Waals surface area (Å²) in [6.45, 7) is 2.07. The second-order valence-corrected chi connectivity index (χ2v) is 4.13. The van der Waals surface area contributed by atoms with E-state index in [1.54, 1.807) is 17.8 Å². The van der Waals surface area contributed by atoms with Crippen molar-refractivity contribution in [2.24, 2.45) is 0 Å². The van der Waals surface area contributed by atoms with Crippen LogP contribution in [0.2, 0.25) is 5.02 Å². The van der Waals surface area contributed by atoms with Crippen molar-refractivity contribution < 1.29 is 4.39 Å². The second-order valence-electron chi connectivity index (χ2n) is 2.41. The SMILES string of the molecule is CCSCc1cc(F)cc(Cl)c1. The highest BCUT2D eigenvalue weighted by Crippen LogP contribution is 2.18. The van der Waals surface area contributed by atoms with Crippen LogP contribution in [0, 0.1) is 5.82 Å². The first kappa shape index (κ1) is 9.87. The molecule has 0 aliphatic heterocycles. The van der Waals surface area contributed by atoms with Gasteiger partial charge in [-0.25, -0.2) is 4.39 Å². The fourth-order valence-corrected chi connectivity index (χ4v) is 1.77. The van der Waals surface area contributed by atoms with Crippen molar-refractivity contribution >= 4 is 23.4 Å². The first-order valence-corrected chi connectivity index (χ1v) is 5.28. The molecule has 1 aromatic carbocycles. The van der Waals surface area contributed by atoms with Crippen molar-refractivity contribution in [3.63, 3.8) is 0 Å². The Balaban J connectivity index is 2.72. The van der Waals surface area contributed by atoms with Gasteiger partial charge in [-0.15, -0.1) is 0 Å². The maximum atomic E-state index is 12.8. The van der Waals surface area contributed by atoms with Crippen LogP contribution in [0.5, 0.6) is 0 Å². The van der Waals surface area contributed by atoms with Crippen molar-refractivity contribution in [1.29, 1.82) is 0 Å². The molecule has 0 unspecified atom stereocenters. The number of hydrogen-bond donors (Lipinski definition) is 0. The van der Waals surface area contributed by atoms with E-state index in [0.717, 1.165) is 17.1 Å². The summed E-state index contributed by atoms with van der Waals surface area (Å²) < 4.78 is 12.8. The summed E-state index contributed by atoms with van der Waals surface area (Å²) in [6.07, 6.45) is 0. The molecule has 12 heavy (non-hydrogen) atoms. The number of halogens is 2. The Bertz CT molecular complexity index is 242. The van der Waals surface area contributed by atoms with E-state index in [-0.39, 0.29) is 5.82 Å². The van der Waals surface area contributed by atoms with Gasteiger partial charge in [-0.1, -0.05) is 18.5 Å². The van der Waals surface area contributed by atoms with E-state index in [4.69, 9.17) is 11.6 Å². The Labute approximate surface area is 81.1 Å². The summed E-state index contributed by atoms with van der Waals surface area (Å²) in [5.41, 5.74) is 0.951. The third-order valence-electron chi connectivity index (χ3n) is 1.40. The van der Waals surface area contributed by atoms with Crippen LogP contribution in [-0.2, 0) is 5.75 Å². The van der Waals surface area contributed by atoms with Gasteiger partial charge in [0.15, 0.2) is 0 Å². The molecule has 0 heterocycles. The molecule has 0 radical (unpaired) electrons. The molecule has 0 fully saturated rings. The van der Waals surface area contributed by atoms with Gasteiger partial charge in [0.2, 0.25) is 0 Å². The monoisotopic (exact) mass is 204 g/mol. The third-order valence-corrected chi connectivity index (χ3v) is 2.56. The van der Waals surface area contributed by atoms with E-state index >= 15 is 0 Å². The smallest absolute Gasteiger partial charge is 0.124 e. The fraction of sp³-hybridized carbons (Fsp3) is 0.333. The molecule has 0 nitrogen and oxygen atoms in total. The van der Waals surface area contributed by atoms with Crippen molar-refractivity contribution in [3.05, 3.63) is 34.6 Å². The summed E-state index contributed by atoms with van der Waals surface area (Å²) in [4.78, 5) is 0. The zero-order valence-electron chi connectivity index (χ0n) is 6.81. The highest BCUT2D eigenvalue weighted by atomic mass is 35.5. The first-order valence-electron chi connectivity index (χ1n) is 3.75. The molecular weight excluding hydrogens is 195 g/mol. The van der Waals surface area contributed by atoms with Gasteiger partial charge in [0.25, 0.3) is 0 Å². The second kappa shape index (κ2) is 4.73. The lowest BCUT2D eigenvalue weighted by molar-refractivity contribution is 0.626. The van der Waals surface area contributed by atoms with Crippen LogP contribution in [0.15, 0.2) is 18.2 Å². The molecule has 0 spiro atoms. The van der Waals surface area contributed by atoms with Crippen LogP contribution in [0.3, 0.4) is 0 Å². The molecule has 1 rings (SSSR count). The van der Waals surface area contributed by atoms with E-state index < -0.39 is 0 Å². The Morgan fingerprint density at radius 2 is 2.17 bits per heavy atom. The van der Waals surface area contributed by atoms with E-state index in [9.17, 15) is 4.39 Å². The molecule has 0 amide bonds. The van der Waals surface area contributed by atoms with E-state index in [1.807, 2.05) is 0 Å². The molecule has 0 aliphatic carbocycles. The standard InChI is InChI=1S/C9H10ClFS/c1-2-12-6-7-3-8(10)5-9(11)4-7/h3-5H,2,6H2,1H3. The lowest BCUT2D eigenvalue weighted by Gasteiger charge is -2.00. The van der Waals surface area contributed by atoms with E-state index in [2.05, 4.69) is 6.92 Å². The third kappa shape index (κ3) is 3.03. The van der Waals surface area contributed by atoms with Crippen molar-refractivity contribution in [2.75, 3.05) is 5.75 Å². The number of hydrogen-bond acceptors (Lipinski definition) is 1. The zero-order chi connectivity index (χ0) is 8.97. The van der Waals surface area contributed by atoms with Gasteiger partial charge in [-0.3, -0.25) is 0 Å². The molecule has 0 saturated heterocycles. The molecule has 0 aromatic heterocycles. The first-order chi connectivity index (χ1) is 5.72. The van der Waals surface area contributed by atoms with Gasteiger partial charge in [-0.05, 0) is 29.5 Å². The molecular formula is C9H10ClFS.